The lowest BCUT2D eigenvalue weighted by atomic mass is 10.2. The van der Waals surface area contributed by atoms with Gasteiger partial charge in [0, 0.05) is 30.9 Å². The van der Waals surface area contributed by atoms with Gasteiger partial charge in [-0.15, -0.1) is 0 Å². The van der Waals surface area contributed by atoms with E-state index in [-0.39, 0.29) is 0 Å². The number of nitrogens with zero attached hydrogens (tertiary/aromatic N) is 2. The number of likely N-dealkylation sites (N-methyl/N-ethyl adjacent to an activating group) is 1. The number of hydrogen-bond donors (Lipinski definition) is 2. The van der Waals surface area contributed by atoms with Gasteiger partial charge in [-0.25, -0.2) is 4.52 Å². The van der Waals surface area contributed by atoms with Crippen LogP contribution in [0.25, 0.3) is 5.52 Å². The zero-order valence-corrected chi connectivity index (χ0v) is 10.5. The molecule has 2 N–H and O–H groups in total. The number of fused-ring (bicyclic) bond motifs is 1. The maximum Gasteiger partial charge on any atom is 0.0706 e. The smallest absolute Gasteiger partial charge is 0.0706 e. The number of hydrogen-bond acceptors (Lipinski definition) is 3. The van der Waals surface area contributed by atoms with Gasteiger partial charge in [-0.3, -0.25) is 0 Å². The Labute approximate surface area is 102 Å². The Balaban J connectivity index is 1.95. The number of aromatic nitrogens is 2. The molecule has 2 aromatic heterocycles. The molecule has 17 heavy (non-hydrogen) atoms. The van der Waals surface area contributed by atoms with Crippen molar-refractivity contribution in [1.82, 2.24) is 20.2 Å². The van der Waals surface area contributed by atoms with Crippen LogP contribution >= 0.6 is 0 Å². The summed E-state index contributed by atoms with van der Waals surface area (Å²) in [5.74, 6) is 0. The summed E-state index contributed by atoms with van der Waals surface area (Å²) in [4.78, 5) is 0. The molecule has 0 aromatic carbocycles. The highest BCUT2D eigenvalue weighted by atomic mass is 15.2. The predicted molar refractivity (Wildman–Crippen MR) is 70.0 cm³/mol. The summed E-state index contributed by atoms with van der Waals surface area (Å²) in [6.45, 7) is 7.19. The molecule has 0 saturated heterocycles. The van der Waals surface area contributed by atoms with Crippen molar-refractivity contribution in [2.75, 3.05) is 13.1 Å². The molecule has 2 heterocycles. The van der Waals surface area contributed by atoms with Gasteiger partial charge in [0.25, 0.3) is 0 Å². The summed E-state index contributed by atoms with van der Waals surface area (Å²) >= 11 is 0. The molecule has 0 aliphatic carbocycles. The maximum absolute atomic E-state index is 4.32. The Morgan fingerprint density at radius 2 is 2.29 bits per heavy atom. The molecular formula is C13H20N4. The molecule has 0 aliphatic heterocycles. The highest BCUT2D eigenvalue weighted by Crippen LogP contribution is 2.09. The molecule has 0 saturated carbocycles. The molecule has 4 nitrogen and oxygen atoms in total. The van der Waals surface area contributed by atoms with Gasteiger partial charge in [0.2, 0.25) is 0 Å². The van der Waals surface area contributed by atoms with E-state index >= 15 is 0 Å². The van der Waals surface area contributed by atoms with Crippen LogP contribution in [0.1, 0.15) is 19.4 Å². The van der Waals surface area contributed by atoms with Gasteiger partial charge in [-0.2, -0.15) is 5.10 Å². The van der Waals surface area contributed by atoms with Crippen molar-refractivity contribution in [3.8, 4) is 0 Å². The van der Waals surface area contributed by atoms with Crippen molar-refractivity contribution in [3.05, 3.63) is 36.2 Å². The standard InChI is InChI=1S/C13H20N4/c1-3-14-8-11(2)15-9-12-10-16-17-7-5-4-6-13(12)17/h4-7,10-11,14-15H,3,8-9H2,1-2H3. The van der Waals surface area contributed by atoms with E-state index in [1.807, 2.05) is 29.0 Å². The monoisotopic (exact) mass is 232 g/mol. The second-order valence-corrected chi connectivity index (χ2v) is 4.29. The van der Waals surface area contributed by atoms with Crippen LogP contribution < -0.4 is 10.6 Å². The van der Waals surface area contributed by atoms with Crippen LogP contribution in [0.3, 0.4) is 0 Å². The molecule has 0 spiro atoms. The summed E-state index contributed by atoms with van der Waals surface area (Å²) in [6.07, 6.45) is 3.91. The molecule has 92 valence electrons. The third-order valence-electron chi connectivity index (χ3n) is 2.85. The Morgan fingerprint density at radius 3 is 3.12 bits per heavy atom. The molecule has 0 amide bonds. The molecule has 0 aliphatic rings. The van der Waals surface area contributed by atoms with Crippen LogP contribution in [0.4, 0.5) is 0 Å². The second-order valence-electron chi connectivity index (χ2n) is 4.29. The van der Waals surface area contributed by atoms with E-state index in [0.717, 1.165) is 19.6 Å². The van der Waals surface area contributed by atoms with Crippen LogP contribution in [0.15, 0.2) is 30.6 Å². The number of nitrogens with one attached hydrogen (secondary N) is 2. The van der Waals surface area contributed by atoms with E-state index < -0.39 is 0 Å². The third kappa shape index (κ3) is 3.05. The summed E-state index contributed by atoms with van der Waals surface area (Å²) in [5, 5.41) is 11.1. The minimum Gasteiger partial charge on any atom is -0.315 e. The van der Waals surface area contributed by atoms with Crippen LogP contribution in [0.2, 0.25) is 0 Å². The minimum atomic E-state index is 0.466. The lowest BCUT2D eigenvalue weighted by Crippen LogP contribution is -2.35. The molecule has 2 rings (SSSR count). The van der Waals surface area contributed by atoms with Crippen LogP contribution in [0.5, 0.6) is 0 Å². The van der Waals surface area contributed by atoms with Crippen LogP contribution in [-0.4, -0.2) is 28.7 Å². The van der Waals surface area contributed by atoms with Gasteiger partial charge in [0.05, 0.1) is 11.7 Å². The van der Waals surface area contributed by atoms with E-state index in [1.165, 1.54) is 11.1 Å². The highest BCUT2D eigenvalue weighted by molar-refractivity contribution is 5.53. The molecule has 0 bridgehead atoms. The van der Waals surface area contributed by atoms with Gasteiger partial charge in [0.1, 0.15) is 0 Å². The van der Waals surface area contributed by atoms with Crippen LogP contribution in [0, 0.1) is 0 Å². The lowest BCUT2D eigenvalue weighted by molar-refractivity contribution is 0.510. The SMILES string of the molecule is CCNCC(C)NCc1cnn2ccccc12. The minimum absolute atomic E-state index is 0.466. The Kier molecular flexibility index (Phi) is 4.12. The zero-order chi connectivity index (χ0) is 12.1. The van der Waals surface area contributed by atoms with E-state index in [4.69, 9.17) is 0 Å². The predicted octanol–water partition coefficient (Wildman–Crippen LogP) is 1.42. The first-order valence-corrected chi connectivity index (χ1v) is 6.16. The number of rotatable bonds is 6. The van der Waals surface area contributed by atoms with Crippen molar-refractivity contribution in [2.24, 2.45) is 0 Å². The highest BCUT2D eigenvalue weighted by Gasteiger charge is 2.05. The van der Waals surface area contributed by atoms with E-state index in [2.05, 4.69) is 35.6 Å². The topological polar surface area (TPSA) is 41.4 Å². The average molecular weight is 232 g/mol. The van der Waals surface area contributed by atoms with Crippen molar-refractivity contribution in [1.29, 1.82) is 0 Å². The fourth-order valence-electron chi connectivity index (χ4n) is 1.84. The molecule has 1 atom stereocenters. The number of pyridine rings is 1. The van der Waals surface area contributed by atoms with Crippen molar-refractivity contribution in [2.45, 2.75) is 26.4 Å². The summed E-state index contributed by atoms with van der Waals surface area (Å²) in [6, 6.07) is 6.60. The lowest BCUT2D eigenvalue weighted by Gasteiger charge is -2.13. The molecule has 0 radical (unpaired) electrons. The fourth-order valence-corrected chi connectivity index (χ4v) is 1.84. The molecule has 0 fully saturated rings. The van der Waals surface area contributed by atoms with Gasteiger partial charge < -0.3 is 10.6 Å². The van der Waals surface area contributed by atoms with Gasteiger partial charge in [0.15, 0.2) is 0 Å². The van der Waals surface area contributed by atoms with Crippen molar-refractivity contribution < 1.29 is 0 Å². The van der Waals surface area contributed by atoms with Crippen molar-refractivity contribution in [3.63, 3.8) is 0 Å². The summed E-state index contributed by atoms with van der Waals surface area (Å²) < 4.78 is 1.91. The normalized spacial score (nSPS) is 13.1. The first kappa shape index (κ1) is 12.1. The Hall–Kier alpha value is -1.39. The van der Waals surface area contributed by atoms with Gasteiger partial charge >= 0.3 is 0 Å². The maximum atomic E-state index is 4.32. The van der Waals surface area contributed by atoms with E-state index in [0.29, 0.717) is 6.04 Å². The molecular weight excluding hydrogens is 212 g/mol. The zero-order valence-electron chi connectivity index (χ0n) is 10.5. The Bertz CT molecular complexity index is 463. The third-order valence-corrected chi connectivity index (χ3v) is 2.85. The molecule has 4 heteroatoms. The molecule has 1 unspecified atom stereocenters. The average Bonchev–Trinajstić information content (AvgIpc) is 2.77. The quantitative estimate of drug-likeness (QED) is 0.791. The Morgan fingerprint density at radius 1 is 1.41 bits per heavy atom. The van der Waals surface area contributed by atoms with Crippen LogP contribution in [-0.2, 0) is 6.54 Å². The van der Waals surface area contributed by atoms with E-state index in [1.54, 1.807) is 0 Å². The van der Waals surface area contributed by atoms with Gasteiger partial charge in [-0.1, -0.05) is 13.0 Å². The first-order valence-electron chi connectivity index (χ1n) is 6.16. The van der Waals surface area contributed by atoms with E-state index in [9.17, 15) is 0 Å². The summed E-state index contributed by atoms with van der Waals surface area (Å²) in [5.41, 5.74) is 2.42. The second kappa shape index (κ2) is 5.80. The first-order chi connectivity index (χ1) is 8.31. The molecule has 2 aromatic rings. The van der Waals surface area contributed by atoms with Gasteiger partial charge in [-0.05, 0) is 25.6 Å². The van der Waals surface area contributed by atoms with Crippen molar-refractivity contribution >= 4 is 5.52 Å². The summed E-state index contributed by atoms with van der Waals surface area (Å²) in [7, 11) is 0. The largest absolute Gasteiger partial charge is 0.315 e. The fraction of sp³-hybridized carbons (Fsp3) is 0.462.